The minimum absolute atomic E-state index is 0.00917. The molecule has 3 rings (SSSR count). The van der Waals surface area contributed by atoms with Crippen molar-refractivity contribution in [3.8, 4) is 0 Å². The van der Waals surface area contributed by atoms with Crippen LogP contribution in [0.4, 0.5) is 45.3 Å². The minimum Gasteiger partial charge on any atom is -0.475 e. The minimum atomic E-state index is -5.08. The molecule has 0 radical (unpaired) electrons. The number of amides is 1. The number of halogens is 9. The summed E-state index contributed by atoms with van der Waals surface area (Å²) < 4.78 is 108. The maximum Gasteiger partial charge on any atom is 0.490 e. The molecule has 1 atom stereocenters. The van der Waals surface area contributed by atoms with Gasteiger partial charge < -0.3 is 30.2 Å². The SMILES string of the molecule is CCC1CNCCN1C(=O)c1cnc(C(F)(F)F)nc1NCc1ccco1.O=C(O)C(F)(F)F.O=C(O)C(F)(F)F. The van der Waals surface area contributed by atoms with Gasteiger partial charge in [-0.3, -0.25) is 4.79 Å². The Kier molecular flexibility index (Phi) is 12.4. The number of nitrogens with zero attached hydrogens (tertiary/aromatic N) is 3. The van der Waals surface area contributed by atoms with Crippen LogP contribution in [0.3, 0.4) is 0 Å². The van der Waals surface area contributed by atoms with Gasteiger partial charge in [-0.25, -0.2) is 19.6 Å². The average Bonchev–Trinajstić information content (AvgIpc) is 3.39. The molecule has 230 valence electrons. The first-order chi connectivity index (χ1) is 18.8. The second-order valence-electron chi connectivity index (χ2n) is 7.76. The zero-order valence-electron chi connectivity index (χ0n) is 20.7. The highest BCUT2D eigenvalue weighted by Gasteiger charge is 2.39. The van der Waals surface area contributed by atoms with E-state index in [4.69, 9.17) is 24.2 Å². The number of carboxylic acids is 2. The van der Waals surface area contributed by atoms with Gasteiger partial charge in [-0.15, -0.1) is 0 Å². The molecule has 0 aromatic carbocycles. The Hall–Kier alpha value is -4.10. The molecule has 4 N–H and O–H groups in total. The van der Waals surface area contributed by atoms with Gasteiger partial charge >= 0.3 is 30.5 Å². The maximum atomic E-state index is 13.0. The molecule has 11 nitrogen and oxygen atoms in total. The smallest absolute Gasteiger partial charge is 0.475 e. The van der Waals surface area contributed by atoms with Gasteiger partial charge in [0.25, 0.3) is 5.91 Å². The van der Waals surface area contributed by atoms with Crippen molar-refractivity contribution in [2.75, 3.05) is 25.0 Å². The fourth-order valence-corrected chi connectivity index (χ4v) is 2.94. The van der Waals surface area contributed by atoms with E-state index >= 15 is 0 Å². The van der Waals surface area contributed by atoms with E-state index in [-0.39, 0.29) is 29.9 Å². The molecule has 3 heterocycles. The first-order valence-electron chi connectivity index (χ1n) is 11.1. The summed E-state index contributed by atoms with van der Waals surface area (Å²) in [4.78, 5) is 39.3. The number of piperazine rings is 1. The summed E-state index contributed by atoms with van der Waals surface area (Å²) in [5.41, 5.74) is 0.00917. The quantitative estimate of drug-likeness (QED) is 0.367. The Balaban J connectivity index is 0.000000497. The molecule has 41 heavy (non-hydrogen) atoms. The van der Waals surface area contributed by atoms with Gasteiger partial charge in [-0.1, -0.05) is 6.92 Å². The third-order valence-corrected chi connectivity index (χ3v) is 4.85. The molecule has 1 fully saturated rings. The van der Waals surface area contributed by atoms with Crippen LogP contribution in [0.2, 0.25) is 0 Å². The standard InChI is InChI=1S/C17H20F3N5O2.2C2HF3O2/c1-2-11-8-21-5-6-25(11)15(26)13-10-23-16(17(18,19)20)24-14(13)22-9-12-4-3-7-27-12;2*3-2(4,5)1(6)7/h3-4,7,10-11,21H,2,5-6,8-9H2,1H3,(H,22,23,24);2*(H,6,7). The lowest BCUT2D eigenvalue weighted by atomic mass is 10.1. The van der Waals surface area contributed by atoms with Gasteiger partial charge in [-0.2, -0.15) is 39.5 Å². The molecule has 1 aliphatic rings. The number of rotatable bonds is 5. The van der Waals surface area contributed by atoms with E-state index in [2.05, 4.69) is 20.6 Å². The summed E-state index contributed by atoms with van der Waals surface area (Å²) in [6, 6.07) is 3.30. The third kappa shape index (κ3) is 11.5. The van der Waals surface area contributed by atoms with Crippen LogP contribution in [-0.4, -0.2) is 81.0 Å². The first-order valence-corrected chi connectivity index (χ1v) is 11.1. The number of alkyl halides is 9. The van der Waals surface area contributed by atoms with Gasteiger partial charge in [0.2, 0.25) is 5.82 Å². The molecule has 1 saturated heterocycles. The average molecular weight is 611 g/mol. The molecular formula is C21H22F9N5O6. The Morgan fingerprint density at radius 2 is 1.63 bits per heavy atom. The van der Waals surface area contributed by atoms with Crippen molar-refractivity contribution in [3.63, 3.8) is 0 Å². The Labute approximate surface area is 224 Å². The number of aromatic nitrogens is 2. The van der Waals surface area contributed by atoms with Crippen LogP contribution >= 0.6 is 0 Å². The molecule has 0 saturated carbocycles. The summed E-state index contributed by atoms with van der Waals surface area (Å²) in [6.45, 7) is 3.78. The Bertz CT molecular complexity index is 1130. The summed E-state index contributed by atoms with van der Waals surface area (Å²) in [6.07, 6.45) is -11.7. The largest absolute Gasteiger partial charge is 0.490 e. The van der Waals surface area contributed by atoms with Crippen LogP contribution in [0.1, 0.15) is 35.3 Å². The van der Waals surface area contributed by atoms with E-state index in [1.807, 2.05) is 6.92 Å². The highest BCUT2D eigenvalue weighted by molar-refractivity contribution is 5.98. The molecule has 1 aliphatic heterocycles. The summed E-state index contributed by atoms with van der Waals surface area (Å²) in [5, 5.41) is 20.2. The van der Waals surface area contributed by atoms with Crippen LogP contribution in [0.25, 0.3) is 0 Å². The van der Waals surface area contributed by atoms with E-state index in [1.54, 1.807) is 17.0 Å². The Morgan fingerprint density at radius 1 is 1.07 bits per heavy atom. The topological polar surface area (TPSA) is 158 Å². The lowest BCUT2D eigenvalue weighted by Gasteiger charge is -2.36. The molecule has 0 spiro atoms. The van der Waals surface area contributed by atoms with Crippen molar-refractivity contribution in [2.45, 2.75) is 44.5 Å². The molecule has 2 aromatic heterocycles. The second kappa shape index (κ2) is 14.5. The second-order valence-corrected chi connectivity index (χ2v) is 7.76. The lowest BCUT2D eigenvalue weighted by Crippen LogP contribution is -2.53. The fraction of sp³-hybridized carbons (Fsp3) is 0.476. The van der Waals surface area contributed by atoms with Gasteiger partial charge in [0.05, 0.1) is 12.8 Å². The van der Waals surface area contributed by atoms with Crippen molar-refractivity contribution < 1.29 is 68.5 Å². The van der Waals surface area contributed by atoms with Crippen molar-refractivity contribution in [1.82, 2.24) is 20.2 Å². The van der Waals surface area contributed by atoms with Crippen molar-refractivity contribution in [1.29, 1.82) is 0 Å². The van der Waals surface area contributed by atoms with E-state index < -0.39 is 36.3 Å². The number of nitrogens with one attached hydrogen (secondary N) is 2. The fourth-order valence-electron chi connectivity index (χ4n) is 2.94. The van der Waals surface area contributed by atoms with Gasteiger partial charge in [-0.05, 0) is 18.6 Å². The molecule has 1 amide bonds. The van der Waals surface area contributed by atoms with E-state index in [9.17, 15) is 44.3 Å². The summed E-state index contributed by atoms with van der Waals surface area (Å²) in [5.74, 6) is -6.85. The highest BCUT2D eigenvalue weighted by Crippen LogP contribution is 2.28. The molecular weight excluding hydrogens is 589 g/mol. The van der Waals surface area contributed by atoms with Crippen LogP contribution in [0, 0.1) is 0 Å². The first kappa shape index (κ1) is 34.9. The normalized spacial score (nSPS) is 15.6. The van der Waals surface area contributed by atoms with Crippen LogP contribution in [0.5, 0.6) is 0 Å². The van der Waals surface area contributed by atoms with Crippen molar-refractivity contribution >= 4 is 23.7 Å². The summed E-state index contributed by atoms with van der Waals surface area (Å²) >= 11 is 0. The predicted octanol–water partition coefficient (Wildman–Crippen LogP) is 3.79. The van der Waals surface area contributed by atoms with E-state index in [1.165, 1.54) is 6.26 Å². The molecule has 20 heteroatoms. The number of hydrogen-bond acceptors (Lipinski definition) is 8. The number of aliphatic carboxylic acids is 2. The van der Waals surface area contributed by atoms with Gasteiger partial charge in [0, 0.05) is 31.9 Å². The lowest BCUT2D eigenvalue weighted by molar-refractivity contribution is -0.193. The predicted molar refractivity (Wildman–Crippen MR) is 118 cm³/mol. The maximum absolute atomic E-state index is 13.0. The Morgan fingerprint density at radius 3 is 2.07 bits per heavy atom. The van der Waals surface area contributed by atoms with Crippen LogP contribution < -0.4 is 10.6 Å². The number of anilines is 1. The van der Waals surface area contributed by atoms with Crippen LogP contribution in [-0.2, 0) is 22.3 Å². The van der Waals surface area contributed by atoms with E-state index in [0.29, 0.717) is 25.4 Å². The third-order valence-electron chi connectivity index (χ3n) is 4.85. The highest BCUT2D eigenvalue weighted by atomic mass is 19.4. The molecule has 2 aromatic rings. The number of carbonyl (C=O) groups excluding carboxylic acids is 1. The zero-order valence-corrected chi connectivity index (χ0v) is 20.7. The zero-order chi connectivity index (χ0) is 31.6. The molecule has 1 unspecified atom stereocenters. The number of carbonyl (C=O) groups is 3. The summed E-state index contributed by atoms with van der Waals surface area (Å²) in [7, 11) is 0. The van der Waals surface area contributed by atoms with Crippen LogP contribution in [0.15, 0.2) is 29.0 Å². The van der Waals surface area contributed by atoms with Gasteiger partial charge in [0.15, 0.2) is 0 Å². The number of furan rings is 1. The van der Waals surface area contributed by atoms with Crippen molar-refractivity contribution in [2.24, 2.45) is 0 Å². The number of hydrogen-bond donors (Lipinski definition) is 4. The molecule has 0 bridgehead atoms. The van der Waals surface area contributed by atoms with Crippen molar-refractivity contribution in [3.05, 3.63) is 41.7 Å². The molecule has 0 aliphatic carbocycles. The van der Waals surface area contributed by atoms with Gasteiger partial charge in [0.1, 0.15) is 17.1 Å². The number of carboxylic acid groups (broad SMARTS) is 2. The van der Waals surface area contributed by atoms with E-state index in [0.717, 1.165) is 12.6 Å². The monoisotopic (exact) mass is 611 g/mol.